The molecule has 3 atom stereocenters. The second-order valence-corrected chi connectivity index (χ2v) is 11.4. The standard InChI is InChI=1S/C13H22OSi/c1-10-5-6-11-8-14-9-12(11)7-13(10)15(2,3)4/h5-7,10-11,13H,8-9H2,1-4H3/t10-,11-,13+/m1/s1. The maximum atomic E-state index is 5.54. The maximum absolute atomic E-state index is 5.54. The monoisotopic (exact) mass is 222 g/mol. The van der Waals surface area contributed by atoms with Crippen LogP contribution in [-0.2, 0) is 4.74 Å². The first-order chi connectivity index (χ1) is 6.98. The van der Waals surface area contributed by atoms with Gasteiger partial charge in [0.25, 0.3) is 0 Å². The van der Waals surface area contributed by atoms with Gasteiger partial charge in [0.1, 0.15) is 0 Å². The molecule has 1 heterocycles. The van der Waals surface area contributed by atoms with Crippen molar-refractivity contribution in [2.45, 2.75) is 32.1 Å². The van der Waals surface area contributed by atoms with Gasteiger partial charge in [0.05, 0.1) is 21.3 Å². The summed E-state index contributed by atoms with van der Waals surface area (Å²) in [6.07, 6.45) is 7.31. The second-order valence-electron chi connectivity index (χ2n) is 6.00. The molecule has 15 heavy (non-hydrogen) atoms. The van der Waals surface area contributed by atoms with Crippen LogP contribution in [0.5, 0.6) is 0 Å². The molecule has 0 aromatic carbocycles. The molecule has 1 saturated heterocycles. The Kier molecular flexibility index (Phi) is 2.91. The zero-order valence-electron chi connectivity index (χ0n) is 10.3. The fourth-order valence-electron chi connectivity index (χ4n) is 2.72. The predicted octanol–water partition coefficient (Wildman–Crippen LogP) is 3.47. The van der Waals surface area contributed by atoms with E-state index in [0.29, 0.717) is 11.8 Å². The lowest BCUT2D eigenvalue weighted by Crippen LogP contribution is -2.30. The summed E-state index contributed by atoms with van der Waals surface area (Å²) in [5.41, 5.74) is 2.30. The highest BCUT2D eigenvalue weighted by molar-refractivity contribution is 6.78. The minimum absolute atomic E-state index is 0.578. The highest BCUT2D eigenvalue weighted by Gasteiger charge is 2.32. The first-order valence-electron chi connectivity index (χ1n) is 5.95. The highest BCUT2D eigenvalue weighted by Crippen LogP contribution is 2.38. The number of allylic oxidation sites excluding steroid dienone is 2. The second kappa shape index (κ2) is 3.91. The first-order valence-corrected chi connectivity index (χ1v) is 9.53. The molecule has 0 amide bonds. The van der Waals surface area contributed by atoms with Crippen molar-refractivity contribution in [3.05, 3.63) is 23.8 Å². The molecular formula is C13H22OSi. The van der Waals surface area contributed by atoms with E-state index in [-0.39, 0.29) is 0 Å². The van der Waals surface area contributed by atoms with Crippen molar-refractivity contribution in [1.82, 2.24) is 0 Å². The van der Waals surface area contributed by atoms with Gasteiger partial charge in [0.15, 0.2) is 0 Å². The molecule has 0 bridgehead atoms. The summed E-state index contributed by atoms with van der Waals surface area (Å²) in [5.74, 6) is 1.28. The Morgan fingerprint density at radius 2 is 2.00 bits per heavy atom. The third-order valence-corrected chi connectivity index (χ3v) is 6.34. The van der Waals surface area contributed by atoms with Gasteiger partial charge in [-0.2, -0.15) is 0 Å². The molecule has 84 valence electrons. The van der Waals surface area contributed by atoms with Crippen LogP contribution in [0.25, 0.3) is 0 Å². The van der Waals surface area contributed by atoms with Crippen LogP contribution in [0.15, 0.2) is 23.8 Å². The van der Waals surface area contributed by atoms with E-state index in [0.717, 1.165) is 18.8 Å². The Morgan fingerprint density at radius 1 is 1.27 bits per heavy atom. The Hall–Kier alpha value is -0.343. The van der Waals surface area contributed by atoms with E-state index in [2.05, 4.69) is 44.8 Å². The smallest absolute Gasteiger partial charge is 0.0683 e. The molecule has 1 aliphatic carbocycles. The fourth-order valence-corrected chi connectivity index (χ4v) is 5.12. The molecule has 0 spiro atoms. The average molecular weight is 222 g/mol. The van der Waals surface area contributed by atoms with Gasteiger partial charge in [-0.15, -0.1) is 0 Å². The summed E-state index contributed by atoms with van der Waals surface area (Å²) in [4.78, 5) is 0. The molecule has 1 nitrogen and oxygen atoms in total. The van der Waals surface area contributed by atoms with Crippen molar-refractivity contribution in [1.29, 1.82) is 0 Å². The number of fused-ring (bicyclic) bond motifs is 1. The highest BCUT2D eigenvalue weighted by atomic mass is 28.3. The normalized spacial score (nSPS) is 36.0. The van der Waals surface area contributed by atoms with E-state index in [1.54, 1.807) is 0 Å². The van der Waals surface area contributed by atoms with Crippen LogP contribution < -0.4 is 0 Å². The molecule has 0 saturated carbocycles. The molecule has 2 aliphatic rings. The van der Waals surface area contributed by atoms with Crippen molar-refractivity contribution >= 4 is 8.07 Å². The van der Waals surface area contributed by atoms with Crippen LogP contribution in [-0.4, -0.2) is 21.3 Å². The van der Waals surface area contributed by atoms with Crippen LogP contribution in [0.2, 0.25) is 25.2 Å². The fraction of sp³-hybridized carbons (Fsp3) is 0.692. The summed E-state index contributed by atoms with van der Waals surface area (Å²) < 4.78 is 5.54. The maximum Gasteiger partial charge on any atom is 0.0683 e. The van der Waals surface area contributed by atoms with E-state index in [4.69, 9.17) is 4.74 Å². The lowest BCUT2D eigenvalue weighted by molar-refractivity contribution is 0.195. The Balaban J connectivity index is 2.31. The van der Waals surface area contributed by atoms with Crippen LogP contribution in [0.4, 0.5) is 0 Å². The molecule has 0 radical (unpaired) electrons. The lowest BCUT2D eigenvalue weighted by Gasteiger charge is -2.30. The van der Waals surface area contributed by atoms with Crippen LogP contribution >= 0.6 is 0 Å². The first kappa shape index (κ1) is 11.2. The average Bonchev–Trinajstić information content (AvgIpc) is 2.50. The Labute approximate surface area is 94.2 Å². The summed E-state index contributed by atoms with van der Waals surface area (Å²) in [7, 11) is -1.09. The van der Waals surface area contributed by atoms with E-state index >= 15 is 0 Å². The van der Waals surface area contributed by atoms with Crippen molar-refractivity contribution in [3.63, 3.8) is 0 Å². The van der Waals surface area contributed by atoms with Crippen molar-refractivity contribution in [2.75, 3.05) is 13.2 Å². The van der Waals surface area contributed by atoms with Crippen molar-refractivity contribution in [2.24, 2.45) is 11.8 Å². The minimum atomic E-state index is -1.09. The quantitative estimate of drug-likeness (QED) is 0.487. The molecule has 0 aromatic rings. The van der Waals surface area contributed by atoms with E-state index in [1.165, 1.54) is 5.57 Å². The topological polar surface area (TPSA) is 9.23 Å². The van der Waals surface area contributed by atoms with Crippen LogP contribution in [0.3, 0.4) is 0 Å². The lowest BCUT2D eigenvalue weighted by atomic mass is 10.0. The van der Waals surface area contributed by atoms with Crippen molar-refractivity contribution in [3.8, 4) is 0 Å². The molecule has 0 N–H and O–H groups in total. The van der Waals surface area contributed by atoms with Gasteiger partial charge >= 0.3 is 0 Å². The zero-order chi connectivity index (χ0) is 11.1. The van der Waals surface area contributed by atoms with E-state index in [9.17, 15) is 0 Å². The molecular weight excluding hydrogens is 200 g/mol. The molecule has 0 aromatic heterocycles. The van der Waals surface area contributed by atoms with Gasteiger partial charge < -0.3 is 4.74 Å². The molecule has 0 unspecified atom stereocenters. The molecule has 1 aliphatic heterocycles. The largest absolute Gasteiger partial charge is 0.376 e. The summed E-state index contributed by atoms with van der Waals surface area (Å²) in [6, 6.07) is 0. The third-order valence-electron chi connectivity index (χ3n) is 3.65. The van der Waals surface area contributed by atoms with Gasteiger partial charge in [-0.25, -0.2) is 0 Å². The van der Waals surface area contributed by atoms with Crippen molar-refractivity contribution < 1.29 is 4.74 Å². The summed E-state index contributed by atoms with van der Waals surface area (Å²) in [6.45, 7) is 11.5. The Morgan fingerprint density at radius 3 is 2.67 bits per heavy atom. The molecule has 1 fully saturated rings. The summed E-state index contributed by atoms with van der Waals surface area (Å²) in [5, 5.41) is 0. The zero-order valence-corrected chi connectivity index (χ0v) is 11.3. The van der Waals surface area contributed by atoms with E-state index < -0.39 is 8.07 Å². The number of hydrogen-bond acceptors (Lipinski definition) is 1. The molecule has 2 heteroatoms. The van der Waals surface area contributed by atoms with Gasteiger partial charge in [-0.1, -0.05) is 44.8 Å². The number of ether oxygens (including phenoxy) is 1. The predicted molar refractivity (Wildman–Crippen MR) is 67.8 cm³/mol. The van der Waals surface area contributed by atoms with Crippen LogP contribution in [0, 0.1) is 11.8 Å². The third kappa shape index (κ3) is 2.26. The van der Waals surface area contributed by atoms with Gasteiger partial charge in [0, 0.05) is 5.92 Å². The van der Waals surface area contributed by atoms with Gasteiger partial charge in [-0.3, -0.25) is 0 Å². The van der Waals surface area contributed by atoms with E-state index in [1.807, 2.05) is 0 Å². The SMILES string of the molecule is C[C@@H]1C=C[C@@H]2COCC2=C[C@@H]1[Si](C)(C)C. The Bertz CT molecular complexity index is 298. The number of hydrogen-bond donors (Lipinski definition) is 0. The molecule has 2 rings (SSSR count). The minimum Gasteiger partial charge on any atom is -0.376 e. The van der Waals surface area contributed by atoms with Gasteiger partial charge in [0.2, 0.25) is 0 Å². The van der Waals surface area contributed by atoms with Crippen LogP contribution in [0.1, 0.15) is 6.92 Å². The number of rotatable bonds is 1. The summed E-state index contributed by atoms with van der Waals surface area (Å²) >= 11 is 0. The van der Waals surface area contributed by atoms with Gasteiger partial charge in [-0.05, 0) is 17.0 Å².